The van der Waals surface area contributed by atoms with Crippen LogP contribution in [0.25, 0.3) is 0 Å². The van der Waals surface area contributed by atoms with Crippen LogP contribution in [-0.4, -0.2) is 23.3 Å². The largest absolute Gasteiger partial charge is 0.285 e. The summed E-state index contributed by atoms with van der Waals surface area (Å²) in [6.45, 7) is 9.68. The summed E-state index contributed by atoms with van der Waals surface area (Å²) in [5.74, 6) is -1.15. The van der Waals surface area contributed by atoms with Crippen LogP contribution in [0.5, 0.6) is 0 Å². The summed E-state index contributed by atoms with van der Waals surface area (Å²) in [5.41, 5.74) is 3.64. The SMILES string of the molecule is CC1=C2N=NN(CC(C)(C)C)C2CCC1=NCc1cc(F)cc(F)c1. The first-order valence-electron chi connectivity index (χ1n) is 8.61. The molecule has 3 rings (SSSR count). The molecule has 0 saturated heterocycles. The molecule has 4 nitrogen and oxygen atoms in total. The van der Waals surface area contributed by atoms with E-state index in [1.165, 1.54) is 12.1 Å². The molecule has 25 heavy (non-hydrogen) atoms. The number of allylic oxidation sites excluding steroid dienone is 1. The maximum Gasteiger partial charge on any atom is 0.126 e. The lowest BCUT2D eigenvalue weighted by atomic mass is 9.89. The summed E-state index contributed by atoms with van der Waals surface area (Å²) in [7, 11) is 0. The number of fused-ring (bicyclic) bond motifs is 1. The van der Waals surface area contributed by atoms with E-state index in [9.17, 15) is 8.78 Å². The van der Waals surface area contributed by atoms with Gasteiger partial charge in [-0.1, -0.05) is 26.0 Å². The molecular weight excluding hydrogens is 322 g/mol. The zero-order chi connectivity index (χ0) is 18.2. The Labute approximate surface area is 147 Å². The number of hydrogen-bond donors (Lipinski definition) is 0. The highest BCUT2D eigenvalue weighted by Crippen LogP contribution is 2.35. The van der Waals surface area contributed by atoms with Gasteiger partial charge in [-0.05, 0) is 48.4 Å². The molecule has 1 unspecified atom stereocenters. The molecule has 1 aromatic rings. The first kappa shape index (κ1) is 17.7. The Morgan fingerprint density at radius 1 is 1.20 bits per heavy atom. The third-order valence-corrected chi connectivity index (χ3v) is 4.43. The van der Waals surface area contributed by atoms with Gasteiger partial charge in [0.05, 0.1) is 18.3 Å². The third-order valence-electron chi connectivity index (χ3n) is 4.43. The van der Waals surface area contributed by atoms with Crippen LogP contribution in [0.4, 0.5) is 8.78 Å². The third kappa shape index (κ3) is 4.11. The average molecular weight is 346 g/mol. The summed E-state index contributed by atoms with van der Waals surface area (Å²) >= 11 is 0. The fourth-order valence-corrected chi connectivity index (χ4v) is 3.31. The molecule has 134 valence electrons. The molecule has 0 bridgehead atoms. The average Bonchev–Trinajstić information content (AvgIpc) is 2.87. The van der Waals surface area contributed by atoms with Gasteiger partial charge in [-0.25, -0.2) is 8.78 Å². The second kappa shape index (κ2) is 6.65. The monoisotopic (exact) mass is 346 g/mol. The number of aliphatic imine (C=N–C) groups is 1. The summed E-state index contributed by atoms with van der Waals surface area (Å²) in [6.07, 6.45) is 1.73. The number of halogens is 2. The Balaban J connectivity index is 1.77. The maximum absolute atomic E-state index is 13.3. The molecule has 0 fully saturated rings. The van der Waals surface area contributed by atoms with Crippen LogP contribution < -0.4 is 0 Å². The molecule has 2 aliphatic rings. The number of hydrogen-bond acceptors (Lipinski definition) is 4. The molecule has 0 amide bonds. The normalized spacial score (nSPS) is 22.1. The minimum Gasteiger partial charge on any atom is -0.285 e. The van der Waals surface area contributed by atoms with E-state index in [1.54, 1.807) is 0 Å². The number of benzene rings is 1. The standard InChI is InChI=1S/C19H24F2N4/c1-12-16(22-10-13-7-14(20)9-15(21)8-13)5-6-17-18(12)23-24-25(17)11-19(2,3)4/h7-9,17H,5-6,10-11H2,1-4H3. The van der Waals surface area contributed by atoms with Gasteiger partial charge in [-0.3, -0.25) is 10.0 Å². The van der Waals surface area contributed by atoms with E-state index in [-0.39, 0.29) is 18.0 Å². The molecule has 0 aromatic heterocycles. The van der Waals surface area contributed by atoms with Crippen molar-refractivity contribution < 1.29 is 8.78 Å². The molecule has 0 spiro atoms. The van der Waals surface area contributed by atoms with Crippen LogP contribution in [-0.2, 0) is 6.54 Å². The predicted octanol–water partition coefficient (Wildman–Crippen LogP) is 5.07. The summed E-state index contributed by atoms with van der Waals surface area (Å²) in [5, 5.41) is 10.8. The van der Waals surface area contributed by atoms with Crippen molar-refractivity contribution in [3.8, 4) is 0 Å². The quantitative estimate of drug-likeness (QED) is 0.753. The minimum atomic E-state index is -0.573. The fraction of sp³-hybridized carbons (Fsp3) is 0.526. The van der Waals surface area contributed by atoms with E-state index in [0.29, 0.717) is 5.56 Å². The smallest absolute Gasteiger partial charge is 0.126 e. The number of nitrogens with zero attached hydrogens (tertiary/aromatic N) is 4. The van der Waals surface area contributed by atoms with Crippen LogP contribution in [0.3, 0.4) is 0 Å². The molecule has 1 heterocycles. The highest BCUT2D eigenvalue weighted by molar-refractivity contribution is 6.01. The molecule has 0 N–H and O–H groups in total. The summed E-state index contributed by atoms with van der Waals surface area (Å²) in [4.78, 5) is 4.58. The lowest BCUT2D eigenvalue weighted by molar-refractivity contribution is 0.166. The van der Waals surface area contributed by atoms with Gasteiger partial charge in [0.15, 0.2) is 0 Å². The van der Waals surface area contributed by atoms with E-state index < -0.39 is 11.6 Å². The lowest BCUT2D eigenvalue weighted by Gasteiger charge is -2.31. The van der Waals surface area contributed by atoms with Crippen LogP contribution in [0.2, 0.25) is 0 Å². The van der Waals surface area contributed by atoms with Crippen molar-refractivity contribution in [1.82, 2.24) is 5.01 Å². The van der Waals surface area contributed by atoms with Crippen molar-refractivity contribution in [2.24, 2.45) is 20.7 Å². The molecule has 1 aromatic carbocycles. The summed E-state index contributed by atoms with van der Waals surface area (Å²) in [6, 6.07) is 3.73. The van der Waals surface area contributed by atoms with Gasteiger partial charge in [0.1, 0.15) is 11.6 Å². The van der Waals surface area contributed by atoms with Gasteiger partial charge in [0.25, 0.3) is 0 Å². The van der Waals surface area contributed by atoms with E-state index in [2.05, 4.69) is 41.1 Å². The molecule has 0 saturated carbocycles. The first-order valence-corrected chi connectivity index (χ1v) is 8.61. The van der Waals surface area contributed by atoms with E-state index in [0.717, 1.165) is 42.4 Å². The van der Waals surface area contributed by atoms with E-state index >= 15 is 0 Å². The first-order chi connectivity index (χ1) is 11.7. The van der Waals surface area contributed by atoms with E-state index in [1.807, 2.05) is 6.92 Å². The predicted molar refractivity (Wildman–Crippen MR) is 94.2 cm³/mol. The van der Waals surface area contributed by atoms with Gasteiger partial charge >= 0.3 is 0 Å². The second-order valence-electron chi connectivity index (χ2n) is 7.95. The van der Waals surface area contributed by atoms with Crippen molar-refractivity contribution in [2.75, 3.05) is 6.54 Å². The Kier molecular flexibility index (Phi) is 4.71. The van der Waals surface area contributed by atoms with Crippen molar-refractivity contribution >= 4 is 5.71 Å². The van der Waals surface area contributed by atoms with Gasteiger partial charge in [0.2, 0.25) is 0 Å². The molecule has 1 aliphatic carbocycles. The zero-order valence-electron chi connectivity index (χ0n) is 15.2. The molecule has 1 atom stereocenters. The van der Waals surface area contributed by atoms with Gasteiger partial charge in [-0.2, -0.15) is 0 Å². The van der Waals surface area contributed by atoms with Crippen LogP contribution in [0, 0.1) is 17.0 Å². The fourth-order valence-electron chi connectivity index (χ4n) is 3.31. The van der Waals surface area contributed by atoms with Crippen molar-refractivity contribution in [1.29, 1.82) is 0 Å². The number of rotatable bonds is 3. The topological polar surface area (TPSA) is 40.3 Å². The van der Waals surface area contributed by atoms with Crippen molar-refractivity contribution in [3.05, 3.63) is 46.7 Å². The van der Waals surface area contributed by atoms with Crippen molar-refractivity contribution in [3.63, 3.8) is 0 Å². The van der Waals surface area contributed by atoms with Crippen LogP contribution >= 0.6 is 0 Å². The highest BCUT2D eigenvalue weighted by atomic mass is 19.1. The highest BCUT2D eigenvalue weighted by Gasteiger charge is 2.35. The second-order valence-corrected chi connectivity index (χ2v) is 7.95. The maximum atomic E-state index is 13.3. The lowest BCUT2D eigenvalue weighted by Crippen LogP contribution is -2.37. The van der Waals surface area contributed by atoms with Gasteiger partial charge in [-0.15, -0.1) is 5.11 Å². The Morgan fingerprint density at radius 2 is 1.88 bits per heavy atom. The minimum absolute atomic E-state index is 0.151. The molecule has 6 heteroatoms. The Morgan fingerprint density at radius 3 is 2.52 bits per heavy atom. The van der Waals surface area contributed by atoms with Crippen LogP contribution in [0.1, 0.15) is 46.1 Å². The van der Waals surface area contributed by atoms with Crippen LogP contribution in [0.15, 0.2) is 44.8 Å². The molecule has 1 aliphatic heterocycles. The molecule has 0 radical (unpaired) electrons. The van der Waals surface area contributed by atoms with E-state index in [4.69, 9.17) is 0 Å². The van der Waals surface area contributed by atoms with Gasteiger partial charge < -0.3 is 0 Å². The Bertz CT molecular complexity index is 739. The molecular formula is C19H24F2N4. The van der Waals surface area contributed by atoms with Crippen molar-refractivity contribution in [2.45, 2.75) is 53.1 Å². The summed E-state index contributed by atoms with van der Waals surface area (Å²) < 4.78 is 26.6. The van der Waals surface area contributed by atoms with Gasteiger partial charge in [0, 0.05) is 18.3 Å². The zero-order valence-corrected chi connectivity index (χ0v) is 15.2. The Hall–Kier alpha value is -2.11.